The number of benzene rings is 1. The van der Waals surface area contributed by atoms with E-state index in [1.165, 1.54) is 18.6 Å². The van der Waals surface area contributed by atoms with E-state index in [0.29, 0.717) is 18.4 Å². The van der Waals surface area contributed by atoms with Crippen LogP contribution in [0.2, 0.25) is 0 Å². The molecule has 17 heavy (non-hydrogen) atoms. The highest BCUT2D eigenvalue weighted by Gasteiger charge is 2.21. The Morgan fingerprint density at radius 3 is 2.35 bits per heavy atom. The monoisotopic (exact) mass is 239 g/mol. The van der Waals surface area contributed by atoms with Crippen LogP contribution in [0.3, 0.4) is 0 Å². The number of piperidine rings is 1. The molecule has 2 unspecified atom stereocenters. The first-order chi connectivity index (χ1) is 8.04. The Balaban J connectivity index is 2.02. The second-order valence-corrected chi connectivity index (χ2v) is 5.39. The first-order valence-electron chi connectivity index (χ1n) is 6.21. The van der Waals surface area contributed by atoms with Gasteiger partial charge in [0.1, 0.15) is 0 Å². The van der Waals surface area contributed by atoms with E-state index in [0.717, 1.165) is 18.7 Å². The topological polar surface area (TPSA) is 3.24 Å². The summed E-state index contributed by atoms with van der Waals surface area (Å²) in [7, 11) is 0. The minimum atomic E-state index is -0.769. The maximum atomic E-state index is 13.1. The Labute approximate surface area is 101 Å². The Morgan fingerprint density at radius 2 is 1.76 bits per heavy atom. The van der Waals surface area contributed by atoms with Crippen molar-refractivity contribution < 1.29 is 8.78 Å². The molecule has 1 fully saturated rings. The van der Waals surface area contributed by atoms with Gasteiger partial charge in [0.15, 0.2) is 11.6 Å². The van der Waals surface area contributed by atoms with E-state index in [1.807, 2.05) is 0 Å². The van der Waals surface area contributed by atoms with Gasteiger partial charge in [-0.15, -0.1) is 0 Å². The van der Waals surface area contributed by atoms with Crippen molar-refractivity contribution in [1.82, 2.24) is 4.90 Å². The van der Waals surface area contributed by atoms with Crippen LogP contribution in [0.4, 0.5) is 8.78 Å². The van der Waals surface area contributed by atoms with Crippen LogP contribution in [0, 0.1) is 23.5 Å². The summed E-state index contributed by atoms with van der Waals surface area (Å²) in [5.74, 6) is -0.150. The van der Waals surface area contributed by atoms with Crippen LogP contribution in [-0.4, -0.2) is 18.0 Å². The van der Waals surface area contributed by atoms with E-state index in [2.05, 4.69) is 18.7 Å². The van der Waals surface area contributed by atoms with Crippen molar-refractivity contribution >= 4 is 0 Å². The quantitative estimate of drug-likeness (QED) is 0.764. The molecule has 0 N–H and O–H groups in total. The number of likely N-dealkylation sites (tertiary alicyclic amines) is 1. The predicted molar refractivity (Wildman–Crippen MR) is 64.6 cm³/mol. The minimum absolute atomic E-state index is 0.684. The molecule has 1 aromatic carbocycles. The Morgan fingerprint density at radius 1 is 1.12 bits per heavy atom. The number of halogens is 2. The molecule has 1 heterocycles. The molecule has 0 radical (unpaired) electrons. The Hall–Kier alpha value is -0.960. The first kappa shape index (κ1) is 12.5. The van der Waals surface area contributed by atoms with Gasteiger partial charge in [-0.25, -0.2) is 8.78 Å². The zero-order valence-electron chi connectivity index (χ0n) is 10.4. The van der Waals surface area contributed by atoms with E-state index in [1.54, 1.807) is 6.07 Å². The molecular weight excluding hydrogens is 220 g/mol. The summed E-state index contributed by atoms with van der Waals surface area (Å²) >= 11 is 0. The van der Waals surface area contributed by atoms with Gasteiger partial charge in [0.25, 0.3) is 0 Å². The summed E-state index contributed by atoms with van der Waals surface area (Å²) in [6.45, 7) is 7.29. The van der Waals surface area contributed by atoms with Crippen molar-refractivity contribution in [3.63, 3.8) is 0 Å². The maximum Gasteiger partial charge on any atom is 0.159 e. The first-order valence-corrected chi connectivity index (χ1v) is 6.21. The third-order valence-electron chi connectivity index (χ3n) is 3.33. The van der Waals surface area contributed by atoms with Crippen LogP contribution in [0.15, 0.2) is 18.2 Å². The molecule has 94 valence electrons. The summed E-state index contributed by atoms with van der Waals surface area (Å²) < 4.78 is 25.9. The van der Waals surface area contributed by atoms with Crippen LogP contribution in [0.5, 0.6) is 0 Å². The van der Waals surface area contributed by atoms with E-state index < -0.39 is 11.6 Å². The smallest absolute Gasteiger partial charge is 0.159 e. The van der Waals surface area contributed by atoms with E-state index in [9.17, 15) is 8.78 Å². The zero-order chi connectivity index (χ0) is 12.4. The second-order valence-electron chi connectivity index (χ2n) is 5.39. The molecule has 1 saturated heterocycles. The third-order valence-corrected chi connectivity index (χ3v) is 3.33. The van der Waals surface area contributed by atoms with Gasteiger partial charge in [-0.3, -0.25) is 4.90 Å². The van der Waals surface area contributed by atoms with Gasteiger partial charge >= 0.3 is 0 Å². The minimum Gasteiger partial charge on any atom is -0.299 e. The highest BCUT2D eigenvalue weighted by molar-refractivity contribution is 5.17. The van der Waals surface area contributed by atoms with Crippen LogP contribution in [0.25, 0.3) is 0 Å². The van der Waals surface area contributed by atoms with Crippen LogP contribution >= 0.6 is 0 Å². The summed E-state index contributed by atoms with van der Waals surface area (Å²) in [5, 5.41) is 0. The lowest BCUT2D eigenvalue weighted by molar-refractivity contribution is 0.134. The molecule has 1 aliphatic rings. The van der Waals surface area contributed by atoms with Crippen molar-refractivity contribution in [1.29, 1.82) is 0 Å². The van der Waals surface area contributed by atoms with E-state index >= 15 is 0 Å². The fraction of sp³-hybridized carbons (Fsp3) is 0.571. The number of nitrogens with zero attached hydrogens (tertiary/aromatic N) is 1. The zero-order valence-corrected chi connectivity index (χ0v) is 10.4. The van der Waals surface area contributed by atoms with Crippen LogP contribution in [0.1, 0.15) is 25.8 Å². The lowest BCUT2D eigenvalue weighted by atomic mass is 9.91. The van der Waals surface area contributed by atoms with Gasteiger partial charge in [0.2, 0.25) is 0 Å². The predicted octanol–water partition coefficient (Wildman–Crippen LogP) is 3.44. The van der Waals surface area contributed by atoms with Crippen molar-refractivity contribution in [2.45, 2.75) is 26.8 Å². The molecule has 0 amide bonds. The number of hydrogen-bond donors (Lipinski definition) is 0. The van der Waals surface area contributed by atoms with Crippen molar-refractivity contribution in [2.75, 3.05) is 13.1 Å². The van der Waals surface area contributed by atoms with Crippen LogP contribution in [-0.2, 0) is 6.54 Å². The fourth-order valence-electron chi connectivity index (χ4n) is 2.82. The molecule has 3 heteroatoms. The average molecular weight is 239 g/mol. The molecular formula is C14H19F2N. The molecule has 0 saturated carbocycles. The van der Waals surface area contributed by atoms with Crippen molar-refractivity contribution in [2.24, 2.45) is 11.8 Å². The normalized spacial score (nSPS) is 26.1. The molecule has 0 aliphatic carbocycles. The SMILES string of the molecule is CC1CC(C)CN(Cc2ccc(F)c(F)c2)C1. The summed E-state index contributed by atoms with van der Waals surface area (Å²) in [5.41, 5.74) is 0.852. The van der Waals surface area contributed by atoms with Gasteiger partial charge in [-0.1, -0.05) is 19.9 Å². The van der Waals surface area contributed by atoms with Crippen molar-refractivity contribution in [3.8, 4) is 0 Å². The van der Waals surface area contributed by atoms with Crippen molar-refractivity contribution in [3.05, 3.63) is 35.4 Å². The number of hydrogen-bond acceptors (Lipinski definition) is 1. The average Bonchev–Trinajstić information content (AvgIpc) is 2.22. The molecule has 0 bridgehead atoms. The standard InChI is InChI=1S/C14H19F2N/c1-10-5-11(2)8-17(7-10)9-12-3-4-13(15)14(16)6-12/h3-4,6,10-11H,5,7-9H2,1-2H3. The van der Waals surface area contributed by atoms with Gasteiger partial charge in [-0.2, -0.15) is 0 Å². The molecule has 1 aromatic rings. The number of rotatable bonds is 2. The lowest BCUT2D eigenvalue weighted by Crippen LogP contribution is -2.38. The largest absolute Gasteiger partial charge is 0.299 e. The fourth-order valence-corrected chi connectivity index (χ4v) is 2.82. The summed E-state index contributed by atoms with van der Waals surface area (Å²) in [6.07, 6.45) is 1.26. The van der Waals surface area contributed by atoms with Gasteiger partial charge < -0.3 is 0 Å². The molecule has 0 aromatic heterocycles. The summed E-state index contributed by atoms with van der Waals surface area (Å²) in [6, 6.07) is 4.18. The highest BCUT2D eigenvalue weighted by atomic mass is 19.2. The molecule has 1 nitrogen and oxygen atoms in total. The van der Waals surface area contributed by atoms with Gasteiger partial charge in [0, 0.05) is 19.6 Å². The van der Waals surface area contributed by atoms with Crippen LogP contribution < -0.4 is 0 Å². The van der Waals surface area contributed by atoms with Gasteiger partial charge in [0.05, 0.1) is 0 Å². The molecule has 2 atom stereocenters. The molecule has 1 aliphatic heterocycles. The lowest BCUT2D eigenvalue weighted by Gasteiger charge is -2.35. The van der Waals surface area contributed by atoms with E-state index in [4.69, 9.17) is 0 Å². The molecule has 2 rings (SSSR count). The second kappa shape index (κ2) is 5.13. The van der Waals surface area contributed by atoms with Gasteiger partial charge in [-0.05, 0) is 36.0 Å². The maximum absolute atomic E-state index is 13.1. The Bertz CT molecular complexity index is 382. The highest BCUT2D eigenvalue weighted by Crippen LogP contribution is 2.22. The Kier molecular flexibility index (Phi) is 3.77. The molecule has 0 spiro atoms. The van der Waals surface area contributed by atoms with E-state index in [-0.39, 0.29) is 0 Å². The summed E-state index contributed by atoms with van der Waals surface area (Å²) in [4.78, 5) is 2.32. The third kappa shape index (κ3) is 3.25.